The van der Waals surface area contributed by atoms with Crippen molar-refractivity contribution < 1.29 is 29.1 Å². The summed E-state index contributed by atoms with van der Waals surface area (Å²) in [6.45, 7) is 4.94. The number of hydroxylamine groups is 1. The average molecular weight is 281 g/mol. The molecule has 20 heavy (non-hydrogen) atoms. The molecule has 1 rings (SSSR count). The Balaban J connectivity index is 2.69. The Morgan fingerprint density at radius 1 is 1.10 bits per heavy atom. The first-order chi connectivity index (χ1) is 9.20. The summed E-state index contributed by atoms with van der Waals surface area (Å²) >= 11 is 0. The zero-order chi connectivity index (χ0) is 15.3. The van der Waals surface area contributed by atoms with Crippen LogP contribution in [0.15, 0.2) is 24.3 Å². The molecule has 1 amide bonds. The Morgan fingerprint density at radius 3 is 2.15 bits per heavy atom. The van der Waals surface area contributed by atoms with Crippen LogP contribution in [0.2, 0.25) is 0 Å². The lowest BCUT2D eigenvalue weighted by Gasteiger charge is -2.19. The van der Waals surface area contributed by atoms with Crippen molar-refractivity contribution in [1.29, 1.82) is 0 Å². The minimum atomic E-state index is -1.27. The molecule has 0 unspecified atom stereocenters. The lowest BCUT2D eigenvalue weighted by molar-refractivity contribution is -0.00140. The molecule has 108 valence electrons. The molecule has 1 aromatic rings. The van der Waals surface area contributed by atoms with Crippen LogP contribution >= 0.6 is 0 Å². The van der Waals surface area contributed by atoms with E-state index in [0.717, 1.165) is 0 Å². The average Bonchev–Trinajstić information content (AvgIpc) is 2.33. The summed E-state index contributed by atoms with van der Waals surface area (Å²) in [7, 11) is 0. The topological polar surface area (TPSA) is 102 Å². The Labute approximate surface area is 115 Å². The minimum absolute atomic E-state index is 0.170. The predicted molar refractivity (Wildman–Crippen MR) is 68.2 cm³/mol. The van der Waals surface area contributed by atoms with E-state index in [9.17, 15) is 14.4 Å². The van der Waals surface area contributed by atoms with Crippen LogP contribution < -0.4 is 5.48 Å². The maximum atomic E-state index is 11.7. The first kappa shape index (κ1) is 15.5. The fourth-order valence-corrected chi connectivity index (χ4v) is 1.29. The normalized spacial score (nSPS) is 10.6. The molecule has 1 aromatic carbocycles. The number of hydrogen-bond acceptors (Lipinski definition) is 5. The van der Waals surface area contributed by atoms with Crippen molar-refractivity contribution in [3.63, 3.8) is 0 Å². The van der Waals surface area contributed by atoms with Crippen molar-refractivity contribution in [3.8, 4) is 0 Å². The third-order valence-electron chi connectivity index (χ3n) is 2.00. The number of rotatable bonds is 2. The first-order valence-electron chi connectivity index (χ1n) is 5.73. The fraction of sp³-hybridized carbons (Fsp3) is 0.308. The van der Waals surface area contributed by atoms with Gasteiger partial charge in [0.15, 0.2) is 0 Å². The Bertz CT molecular complexity index is 532. The van der Waals surface area contributed by atoms with E-state index < -0.39 is 23.6 Å². The second kappa shape index (κ2) is 6.05. The summed E-state index contributed by atoms with van der Waals surface area (Å²) in [5.41, 5.74) is 0.670. The molecular weight excluding hydrogens is 266 g/mol. The van der Waals surface area contributed by atoms with Crippen molar-refractivity contribution in [3.05, 3.63) is 35.4 Å². The number of aromatic carboxylic acids is 1. The smallest absolute Gasteiger partial charge is 0.441 e. The third kappa shape index (κ3) is 4.60. The predicted octanol–water partition coefficient (Wildman–Crippen LogP) is 1.98. The molecule has 0 aromatic heterocycles. The van der Waals surface area contributed by atoms with Crippen molar-refractivity contribution >= 4 is 18.0 Å². The second-order valence-electron chi connectivity index (χ2n) is 4.84. The van der Waals surface area contributed by atoms with E-state index in [1.165, 1.54) is 24.3 Å². The van der Waals surface area contributed by atoms with E-state index >= 15 is 0 Å². The van der Waals surface area contributed by atoms with Gasteiger partial charge in [-0.05, 0) is 32.9 Å². The molecule has 0 radical (unpaired) electrons. The van der Waals surface area contributed by atoms with Gasteiger partial charge in [-0.3, -0.25) is 0 Å². The monoisotopic (exact) mass is 281 g/mol. The van der Waals surface area contributed by atoms with Crippen LogP contribution in [0.25, 0.3) is 0 Å². The summed E-state index contributed by atoms with van der Waals surface area (Å²) in [5.74, 6) is -2.26. The number of carbonyl (C=O) groups excluding carboxylic acids is 2. The summed E-state index contributed by atoms with van der Waals surface area (Å²) in [4.78, 5) is 38.4. The largest absolute Gasteiger partial charge is 0.478 e. The van der Waals surface area contributed by atoms with Gasteiger partial charge in [0.2, 0.25) is 0 Å². The summed E-state index contributed by atoms with van der Waals surface area (Å²) in [5, 5.41) is 8.92. The highest BCUT2D eigenvalue weighted by molar-refractivity contribution is 6.02. The summed E-state index contributed by atoms with van der Waals surface area (Å²) < 4.78 is 4.86. The number of ether oxygens (including phenoxy) is 1. The molecule has 7 nitrogen and oxygen atoms in total. The Hall–Kier alpha value is -2.57. The van der Waals surface area contributed by atoms with Gasteiger partial charge in [0, 0.05) is 0 Å². The van der Waals surface area contributed by atoms with Crippen LogP contribution in [-0.4, -0.2) is 28.7 Å². The van der Waals surface area contributed by atoms with Gasteiger partial charge in [-0.1, -0.05) is 12.1 Å². The fourth-order valence-electron chi connectivity index (χ4n) is 1.29. The van der Waals surface area contributed by atoms with Crippen molar-refractivity contribution in [1.82, 2.24) is 5.48 Å². The van der Waals surface area contributed by atoms with Crippen LogP contribution in [0.1, 0.15) is 41.5 Å². The van der Waals surface area contributed by atoms with E-state index in [4.69, 9.17) is 9.84 Å². The van der Waals surface area contributed by atoms with Gasteiger partial charge >= 0.3 is 18.0 Å². The molecule has 0 saturated heterocycles. The van der Waals surface area contributed by atoms with Gasteiger partial charge in [-0.2, -0.15) is 0 Å². The zero-order valence-corrected chi connectivity index (χ0v) is 11.3. The lowest BCUT2D eigenvalue weighted by Crippen LogP contribution is -2.34. The molecule has 0 aliphatic heterocycles. The Kier molecular flexibility index (Phi) is 4.68. The van der Waals surface area contributed by atoms with Crippen LogP contribution in [0, 0.1) is 0 Å². The van der Waals surface area contributed by atoms with Gasteiger partial charge in [-0.15, -0.1) is 5.48 Å². The van der Waals surface area contributed by atoms with Gasteiger partial charge in [0.1, 0.15) is 5.60 Å². The van der Waals surface area contributed by atoms with Gasteiger partial charge in [0.25, 0.3) is 0 Å². The van der Waals surface area contributed by atoms with E-state index in [-0.39, 0.29) is 11.1 Å². The molecule has 0 fully saturated rings. The quantitative estimate of drug-likeness (QED) is 0.804. The number of carbonyl (C=O) groups is 3. The van der Waals surface area contributed by atoms with Crippen molar-refractivity contribution in [2.24, 2.45) is 0 Å². The number of amides is 1. The van der Waals surface area contributed by atoms with E-state index in [0.29, 0.717) is 0 Å². The molecule has 0 saturated carbocycles. The molecule has 0 atom stereocenters. The molecule has 0 heterocycles. The SMILES string of the molecule is CC(C)(C)OC(=O)NOC(=O)c1ccccc1C(=O)O. The van der Waals surface area contributed by atoms with Gasteiger partial charge in [0.05, 0.1) is 11.1 Å². The summed E-state index contributed by atoms with van der Waals surface area (Å²) in [6, 6.07) is 5.49. The van der Waals surface area contributed by atoms with Crippen molar-refractivity contribution in [2.45, 2.75) is 26.4 Å². The highest BCUT2D eigenvalue weighted by atomic mass is 16.7. The van der Waals surface area contributed by atoms with Gasteiger partial charge in [-0.25, -0.2) is 14.4 Å². The van der Waals surface area contributed by atoms with Crippen LogP contribution in [0.4, 0.5) is 4.79 Å². The van der Waals surface area contributed by atoms with E-state index in [1.807, 2.05) is 0 Å². The van der Waals surface area contributed by atoms with Crippen molar-refractivity contribution in [2.75, 3.05) is 0 Å². The lowest BCUT2D eigenvalue weighted by atomic mass is 10.1. The zero-order valence-electron chi connectivity index (χ0n) is 11.3. The second-order valence-corrected chi connectivity index (χ2v) is 4.84. The maximum absolute atomic E-state index is 11.7. The first-order valence-corrected chi connectivity index (χ1v) is 5.73. The van der Waals surface area contributed by atoms with Crippen LogP contribution in [-0.2, 0) is 9.57 Å². The molecular formula is C13H15NO6. The molecule has 0 bridgehead atoms. The summed E-state index contributed by atoms with van der Waals surface area (Å²) in [6.07, 6.45) is -0.946. The highest BCUT2D eigenvalue weighted by Gasteiger charge is 2.20. The number of carboxylic acids is 1. The minimum Gasteiger partial charge on any atom is -0.478 e. The molecule has 0 aliphatic carbocycles. The molecule has 7 heteroatoms. The number of hydrogen-bond donors (Lipinski definition) is 2. The number of carboxylic acid groups (broad SMARTS) is 1. The maximum Gasteiger partial charge on any atom is 0.441 e. The molecule has 0 aliphatic rings. The standard InChI is InChI=1S/C13H15NO6/c1-13(2,3)19-12(18)14-20-11(17)9-7-5-4-6-8(9)10(15)16/h4-7H,1-3H3,(H,14,18)(H,15,16). The van der Waals surface area contributed by atoms with Gasteiger partial charge < -0.3 is 14.7 Å². The van der Waals surface area contributed by atoms with E-state index in [2.05, 4.69) is 4.84 Å². The number of nitrogens with one attached hydrogen (secondary N) is 1. The van der Waals surface area contributed by atoms with Crippen LogP contribution in [0.5, 0.6) is 0 Å². The number of benzene rings is 1. The third-order valence-corrected chi connectivity index (χ3v) is 2.00. The Morgan fingerprint density at radius 2 is 1.65 bits per heavy atom. The van der Waals surface area contributed by atoms with E-state index in [1.54, 1.807) is 26.3 Å². The molecule has 0 spiro atoms. The van der Waals surface area contributed by atoms with Crippen LogP contribution in [0.3, 0.4) is 0 Å². The highest BCUT2D eigenvalue weighted by Crippen LogP contribution is 2.10. The molecule has 2 N–H and O–H groups in total.